The number of aromatic nitrogens is 4. The van der Waals surface area contributed by atoms with Crippen LogP contribution >= 0.6 is 11.7 Å². The molecule has 1 amide bonds. The maximum absolute atomic E-state index is 12.2. The number of anilines is 2. The van der Waals surface area contributed by atoms with Crippen LogP contribution in [0.2, 0.25) is 0 Å². The van der Waals surface area contributed by atoms with Crippen LogP contribution in [-0.4, -0.2) is 44.3 Å². The summed E-state index contributed by atoms with van der Waals surface area (Å²) in [6, 6.07) is 7.17. The molecule has 3 N–H and O–H groups in total. The number of nitrogens with one attached hydrogen (secondary N) is 3. The van der Waals surface area contributed by atoms with Gasteiger partial charge >= 0.3 is 0 Å². The first-order chi connectivity index (χ1) is 12.2. The highest BCUT2D eigenvalue weighted by Gasteiger charge is 2.08. The molecule has 0 saturated carbocycles. The molecule has 0 spiro atoms. The fraction of sp³-hybridized carbons (Fsp3) is 0.312. The molecular formula is C16H19N7OS. The average molecular weight is 357 g/mol. The van der Waals surface area contributed by atoms with Crippen LogP contribution in [0.25, 0.3) is 11.0 Å². The number of rotatable bonds is 7. The van der Waals surface area contributed by atoms with Crippen LogP contribution < -0.4 is 16.0 Å². The summed E-state index contributed by atoms with van der Waals surface area (Å²) in [7, 11) is 0. The van der Waals surface area contributed by atoms with Crippen molar-refractivity contribution in [2.75, 3.05) is 30.3 Å². The highest BCUT2D eigenvalue weighted by atomic mass is 32.1. The van der Waals surface area contributed by atoms with Gasteiger partial charge in [0, 0.05) is 37.0 Å². The monoisotopic (exact) mass is 357 g/mol. The molecule has 8 nitrogen and oxygen atoms in total. The van der Waals surface area contributed by atoms with E-state index < -0.39 is 0 Å². The minimum absolute atomic E-state index is 0.135. The van der Waals surface area contributed by atoms with E-state index in [4.69, 9.17) is 0 Å². The molecule has 0 aliphatic heterocycles. The van der Waals surface area contributed by atoms with Crippen molar-refractivity contribution in [3.63, 3.8) is 0 Å². The molecule has 9 heteroatoms. The Morgan fingerprint density at radius 1 is 1.08 bits per heavy atom. The Labute approximate surface area is 149 Å². The Bertz CT molecular complexity index is 880. The lowest BCUT2D eigenvalue weighted by molar-refractivity contribution is 0.0955. The highest BCUT2D eigenvalue weighted by molar-refractivity contribution is 7.00. The topological polar surface area (TPSA) is 105 Å². The Hall–Kier alpha value is -2.81. The molecule has 0 unspecified atom stereocenters. The fourth-order valence-electron chi connectivity index (χ4n) is 2.29. The minimum Gasteiger partial charge on any atom is -0.368 e. The van der Waals surface area contributed by atoms with E-state index in [-0.39, 0.29) is 5.91 Å². The highest BCUT2D eigenvalue weighted by Crippen LogP contribution is 2.13. The van der Waals surface area contributed by atoms with E-state index >= 15 is 0 Å². The number of carbonyl (C=O) groups is 1. The lowest BCUT2D eigenvalue weighted by atomic mass is 10.2. The first-order valence-electron chi connectivity index (χ1n) is 7.99. The first kappa shape index (κ1) is 17.0. The van der Waals surface area contributed by atoms with Gasteiger partial charge in [-0.2, -0.15) is 13.7 Å². The number of hydrogen-bond donors (Lipinski definition) is 3. The first-order valence-corrected chi connectivity index (χ1v) is 8.72. The van der Waals surface area contributed by atoms with Gasteiger partial charge in [0.25, 0.3) is 5.91 Å². The number of fused-ring (bicyclic) bond motifs is 1. The summed E-state index contributed by atoms with van der Waals surface area (Å²) in [6.45, 7) is 5.71. The normalized spacial score (nSPS) is 10.6. The van der Waals surface area contributed by atoms with Gasteiger partial charge in [0.05, 0.1) is 11.7 Å². The van der Waals surface area contributed by atoms with Crippen molar-refractivity contribution < 1.29 is 4.79 Å². The van der Waals surface area contributed by atoms with E-state index in [1.54, 1.807) is 18.2 Å². The molecule has 0 atom stereocenters. The van der Waals surface area contributed by atoms with Crippen LogP contribution in [0.5, 0.6) is 0 Å². The molecule has 3 aromatic rings. The Morgan fingerprint density at radius 2 is 1.92 bits per heavy atom. The molecule has 130 valence electrons. The SMILES string of the molecule is CCNc1nc(C)cc(NCCNC(=O)c2ccc3nsnc3c2)n1. The Kier molecular flexibility index (Phi) is 5.34. The maximum Gasteiger partial charge on any atom is 0.251 e. The van der Waals surface area contributed by atoms with E-state index in [1.807, 2.05) is 19.9 Å². The van der Waals surface area contributed by atoms with E-state index in [1.165, 1.54) is 0 Å². The summed E-state index contributed by atoms with van der Waals surface area (Å²) in [5.41, 5.74) is 3.00. The number of amides is 1. The average Bonchev–Trinajstić information content (AvgIpc) is 3.06. The Balaban J connectivity index is 1.51. The van der Waals surface area contributed by atoms with Gasteiger partial charge in [-0.05, 0) is 32.0 Å². The largest absolute Gasteiger partial charge is 0.368 e. The van der Waals surface area contributed by atoms with E-state index in [9.17, 15) is 4.79 Å². The van der Waals surface area contributed by atoms with Gasteiger partial charge in [0.1, 0.15) is 16.9 Å². The van der Waals surface area contributed by atoms with Gasteiger partial charge in [0.2, 0.25) is 5.95 Å². The van der Waals surface area contributed by atoms with Crippen LogP contribution in [0, 0.1) is 6.92 Å². The maximum atomic E-state index is 12.2. The third kappa shape index (κ3) is 4.38. The second-order valence-corrected chi connectivity index (χ2v) is 5.93. The molecule has 0 bridgehead atoms. The summed E-state index contributed by atoms with van der Waals surface area (Å²) >= 11 is 1.14. The molecule has 3 rings (SSSR count). The van der Waals surface area contributed by atoms with Crippen LogP contribution in [0.4, 0.5) is 11.8 Å². The van der Waals surface area contributed by atoms with E-state index in [0.29, 0.717) is 24.6 Å². The van der Waals surface area contributed by atoms with Gasteiger partial charge in [-0.15, -0.1) is 0 Å². The number of carbonyl (C=O) groups excluding carboxylic acids is 1. The molecule has 0 saturated heterocycles. The lowest BCUT2D eigenvalue weighted by Gasteiger charge is -2.10. The molecule has 0 aliphatic rings. The molecule has 0 aliphatic carbocycles. The van der Waals surface area contributed by atoms with Crippen molar-refractivity contribution in [3.8, 4) is 0 Å². The quantitative estimate of drug-likeness (QED) is 0.556. The third-order valence-electron chi connectivity index (χ3n) is 3.42. The zero-order chi connectivity index (χ0) is 17.6. The van der Waals surface area contributed by atoms with Crippen LogP contribution in [-0.2, 0) is 0 Å². The summed E-state index contributed by atoms with van der Waals surface area (Å²) in [5.74, 6) is 1.19. The number of benzene rings is 1. The van der Waals surface area contributed by atoms with Crippen LogP contribution in [0.1, 0.15) is 23.0 Å². The summed E-state index contributed by atoms with van der Waals surface area (Å²) in [6.07, 6.45) is 0. The summed E-state index contributed by atoms with van der Waals surface area (Å²) in [5, 5.41) is 9.15. The standard InChI is InChI=1S/C16H19N7OS/c1-3-17-16-20-10(2)8-14(21-16)18-6-7-19-15(24)11-4-5-12-13(9-11)23-25-22-12/h4-5,8-9H,3,6-7H2,1-2H3,(H,19,24)(H2,17,18,20,21). The number of aryl methyl sites for hydroxylation is 1. The van der Waals surface area contributed by atoms with Crippen molar-refractivity contribution in [1.29, 1.82) is 0 Å². The van der Waals surface area contributed by atoms with Gasteiger partial charge in [-0.25, -0.2) is 4.98 Å². The zero-order valence-corrected chi connectivity index (χ0v) is 14.9. The van der Waals surface area contributed by atoms with Crippen molar-refractivity contribution in [2.45, 2.75) is 13.8 Å². The van der Waals surface area contributed by atoms with Crippen molar-refractivity contribution in [3.05, 3.63) is 35.5 Å². The minimum atomic E-state index is -0.135. The second kappa shape index (κ2) is 7.84. The third-order valence-corrected chi connectivity index (χ3v) is 3.98. The van der Waals surface area contributed by atoms with E-state index in [2.05, 4.69) is 34.7 Å². The fourth-order valence-corrected chi connectivity index (χ4v) is 2.81. The van der Waals surface area contributed by atoms with Gasteiger partial charge in [-0.1, -0.05) is 0 Å². The van der Waals surface area contributed by atoms with Gasteiger partial charge < -0.3 is 16.0 Å². The van der Waals surface area contributed by atoms with Crippen molar-refractivity contribution in [2.24, 2.45) is 0 Å². The molecule has 25 heavy (non-hydrogen) atoms. The molecular weight excluding hydrogens is 338 g/mol. The number of nitrogens with zero attached hydrogens (tertiary/aromatic N) is 4. The summed E-state index contributed by atoms with van der Waals surface area (Å²) in [4.78, 5) is 20.9. The van der Waals surface area contributed by atoms with E-state index in [0.717, 1.165) is 40.8 Å². The molecule has 2 aromatic heterocycles. The number of hydrogen-bond acceptors (Lipinski definition) is 8. The van der Waals surface area contributed by atoms with Crippen molar-refractivity contribution >= 4 is 40.4 Å². The smallest absolute Gasteiger partial charge is 0.251 e. The van der Waals surface area contributed by atoms with Gasteiger partial charge in [0.15, 0.2) is 0 Å². The van der Waals surface area contributed by atoms with Gasteiger partial charge in [-0.3, -0.25) is 4.79 Å². The predicted molar refractivity (Wildman–Crippen MR) is 99.2 cm³/mol. The van der Waals surface area contributed by atoms with Crippen molar-refractivity contribution in [1.82, 2.24) is 24.0 Å². The molecule has 0 radical (unpaired) electrons. The molecule has 1 aromatic carbocycles. The molecule has 2 heterocycles. The van der Waals surface area contributed by atoms with Crippen LogP contribution in [0.3, 0.4) is 0 Å². The molecule has 0 fully saturated rings. The van der Waals surface area contributed by atoms with Crippen LogP contribution in [0.15, 0.2) is 24.3 Å². The Morgan fingerprint density at radius 3 is 2.76 bits per heavy atom. The second-order valence-electron chi connectivity index (χ2n) is 5.40. The zero-order valence-electron chi connectivity index (χ0n) is 14.0. The lowest BCUT2D eigenvalue weighted by Crippen LogP contribution is -2.29. The predicted octanol–water partition coefficient (Wildman–Crippen LogP) is 2.06. The summed E-state index contributed by atoms with van der Waals surface area (Å²) < 4.78 is 8.27.